The maximum Gasteiger partial charge on any atom is 0.318 e. The maximum absolute atomic E-state index is 13.1. The highest BCUT2D eigenvalue weighted by Gasteiger charge is 2.64. The Labute approximate surface area is 147 Å². The van der Waals surface area contributed by atoms with Gasteiger partial charge >= 0.3 is 5.97 Å². The van der Waals surface area contributed by atoms with Crippen LogP contribution in [0.5, 0.6) is 0 Å². The molecule has 1 N–H and O–H groups in total. The van der Waals surface area contributed by atoms with Crippen molar-refractivity contribution in [2.24, 2.45) is 11.3 Å². The molecule has 1 aliphatic rings. The minimum atomic E-state index is -1.44. The molecular formula is C20H23NO4. The Kier molecular flexibility index (Phi) is 4.97. The van der Waals surface area contributed by atoms with E-state index in [1.54, 1.807) is 44.2 Å². The number of carbonyl (C=O) groups is 3. The van der Waals surface area contributed by atoms with Crippen molar-refractivity contribution >= 4 is 23.3 Å². The fourth-order valence-electron chi connectivity index (χ4n) is 3.61. The number of allylic oxidation sites excluding steroid dienone is 1. The normalized spacial score (nSPS) is 20.2. The first kappa shape index (κ1) is 18.6. The highest BCUT2D eigenvalue weighted by molar-refractivity contribution is 6.15. The van der Waals surface area contributed by atoms with Gasteiger partial charge in [0.1, 0.15) is 23.7 Å². The number of esters is 1. The fourth-order valence-corrected chi connectivity index (χ4v) is 3.61. The molecule has 2 rings (SSSR count). The summed E-state index contributed by atoms with van der Waals surface area (Å²) in [4.78, 5) is 38.4. The number of ether oxygens (including phenoxy) is 1. The van der Waals surface area contributed by atoms with E-state index < -0.39 is 34.4 Å². The Balaban J connectivity index is 2.78. The van der Waals surface area contributed by atoms with E-state index in [-0.39, 0.29) is 6.61 Å². The van der Waals surface area contributed by atoms with Crippen molar-refractivity contribution in [2.75, 3.05) is 11.9 Å². The minimum Gasteiger partial charge on any atom is -0.461 e. The second-order valence-electron chi connectivity index (χ2n) is 6.70. The second-order valence-corrected chi connectivity index (χ2v) is 6.70. The molecule has 0 radical (unpaired) electrons. The minimum absolute atomic E-state index is 0.0313. The van der Waals surface area contributed by atoms with Crippen molar-refractivity contribution in [3.05, 3.63) is 55.1 Å². The number of para-hydroxylation sites is 1. The SMILES string of the molecule is C=CCOC(=O)[C@H](C(C)=O)[C@]1(C(C)(C)C=C)C(=O)Nc2ccccc21. The van der Waals surface area contributed by atoms with Crippen molar-refractivity contribution in [1.82, 2.24) is 0 Å². The van der Waals surface area contributed by atoms with Gasteiger partial charge in [0.05, 0.1) is 0 Å². The summed E-state index contributed by atoms with van der Waals surface area (Å²) in [6.07, 6.45) is 3.02. The van der Waals surface area contributed by atoms with E-state index in [4.69, 9.17) is 4.74 Å². The molecule has 0 aliphatic carbocycles. The molecule has 0 saturated carbocycles. The van der Waals surface area contributed by atoms with Crippen LogP contribution in [0.25, 0.3) is 0 Å². The Morgan fingerprint density at radius 2 is 1.96 bits per heavy atom. The number of rotatable bonds is 7. The van der Waals surface area contributed by atoms with E-state index in [1.807, 2.05) is 0 Å². The van der Waals surface area contributed by atoms with E-state index in [2.05, 4.69) is 18.5 Å². The molecule has 0 aromatic heterocycles. The molecule has 0 spiro atoms. The van der Waals surface area contributed by atoms with Gasteiger partial charge in [0.25, 0.3) is 0 Å². The number of hydrogen-bond donors (Lipinski definition) is 1. The molecule has 1 heterocycles. The number of ketones is 1. The van der Waals surface area contributed by atoms with Crippen molar-refractivity contribution < 1.29 is 19.1 Å². The smallest absolute Gasteiger partial charge is 0.318 e. The van der Waals surface area contributed by atoms with E-state index >= 15 is 0 Å². The number of benzene rings is 1. The van der Waals surface area contributed by atoms with Gasteiger partial charge in [-0.1, -0.05) is 50.8 Å². The van der Waals surface area contributed by atoms with Crippen molar-refractivity contribution in [1.29, 1.82) is 0 Å². The second kappa shape index (κ2) is 6.67. The molecule has 1 aromatic rings. The molecule has 5 heteroatoms. The first-order valence-electron chi connectivity index (χ1n) is 8.06. The third-order valence-corrected chi connectivity index (χ3v) is 4.90. The molecule has 0 fully saturated rings. The van der Waals surface area contributed by atoms with Crippen LogP contribution in [0.2, 0.25) is 0 Å². The van der Waals surface area contributed by atoms with Crippen LogP contribution in [0.1, 0.15) is 26.3 Å². The first-order chi connectivity index (χ1) is 11.7. The fraction of sp³-hybridized carbons (Fsp3) is 0.350. The maximum atomic E-state index is 13.1. The van der Waals surface area contributed by atoms with Gasteiger partial charge in [-0.3, -0.25) is 14.4 Å². The standard InChI is InChI=1S/C20H23NO4/c1-6-12-25-17(23)16(13(3)22)20(19(4,5)7-2)14-10-8-9-11-15(14)21-18(20)24/h6-11,16H,1-2,12H2,3-5H3,(H,21,24)/t16-,20-/m0/s1. The lowest BCUT2D eigenvalue weighted by Gasteiger charge is -2.44. The zero-order valence-electron chi connectivity index (χ0n) is 14.8. The lowest BCUT2D eigenvalue weighted by molar-refractivity contribution is -0.158. The van der Waals surface area contributed by atoms with Crippen molar-refractivity contribution in [3.63, 3.8) is 0 Å². The van der Waals surface area contributed by atoms with Crippen LogP contribution in [0.3, 0.4) is 0 Å². The predicted molar refractivity (Wildman–Crippen MR) is 96.1 cm³/mol. The summed E-state index contributed by atoms with van der Waals surface area (Å²) in [6, 6.07) is 7.07. The summed E-state index contributed by atoms with van der Waals surface area (Å²) < 4.78 is 5.16. The van der Waals surface area contributed by atoms with Crippen LogP contribution in [0, 0.1) is 11.3 Å². The Hall–Kier alpha value is -2.69. The van der Waals surface area contributed by atoms with Crippen LogP contribution in [0.4, 0.5) is 5.69 Å². The summed E-state index contributed by atoms with van der Waals surface area (Å²) >= 11 is 0. The molecule has 2 atom stereocenters. The van der Waals surface area contributed by atoms with E-state index in [9.17, 15) is 14.4 Å². The number of carbonyl (C=O) groups excluding carboxylic acids is 3. The Morgan fingerprint density at radius 3 is 2.52 bits per heavy atom. The van der Waals surface area contributed by atoms with Crippen LogP contribution in [-0.2, 0) is 24.5 Å². The van der Waals surface area contributed by atoms with Gasteiger partial charge in [-0.25, -0.2) is 0 Å². The number of fused-ring (bicyclic) bond motifs is 1. The molecule has 132 valence electrons. The average Bonchev–Trinajstić information content (AvgIpc) is 2.86. The van der Waals surface area contributed by atoms with Crippen molar-refractivity contribution in [2.45, 2.75) is 26.2 Å². The molecule has 0 unspecified atom stereocenters. The molecular weight excluding hydrogens is 318 g/mol. The molecule has 1 aliphatic heterocycles. The van der Waals surface area contributed by atoms with Crippen LogP contribution in [-0.4, -0.2) is 24.3 Å². The molecule has 0 saturated heterocycles. The van der Waals surface area contributed by atoms with Crippen molar-refractivity contribution in [3.8, 4) is 0 Å². The quantitative estimate of drug-likeness (QED) is 0.470. The summed E-state index contributed by atoms with van der Waals surface area (Å²) in [6.45, 7) is 12.2. The lowest BCUT2D eigenvalue weighted by Crippen LogP contribution is -2.57. The molecule has 25 heavy (non-hydrogen) atoms. The molecule has 5 nitrogen and oxygen atoms in total. The Bertz CT molecular complexity index is 750. The molecule has 1 aromatic carbocycles. The largest absolute Gasteiger partial charge is 0.461 e. The molecule has 1 amide bonds. The first-order valence-corrected chi connectivity index (χ1v) is 8.06. The predicted octanol–water partition coefficient (Wildman–Crippen LogP) is 3.02. The monoisotopic (exact) mass is 341 g/mol. The van der Waals surface area contributed by atoms with Gasteiger partial charge in [-0.15, -0.1) is 6.58 Å². The summed E-state index contributed by atoms with van der Waals surface area (Å²) in [5.74, 6) is -2.87. The highest BCUT2D eigenvalue weighted by atomic mass is 16.5. The van der Waals surface area contributed by atoms with Gasteiger partial charge in [-0.05, 0) is 18.6 Å². The van der Waals surface area contributed by atoms with Gasteiger partial charge in [0.15, 0.2) is 0 Å². The lowest BCUT2D eigenvalue weighted by atomic mass is 9.55. The number of hydrogen-bond acceptors (Lipinski definition) is 4. The third kappa shape index (κ3) is 2.69. The summed E-state index contributed by atoms with van der Waals surface area (Å²) in [5.41, 5.74) is -1.13. The van der Waals surface area contributed by atoms with E-state index in [1.165, 1.54) is 13.0 Å². The summed E-state index contributed by atoms with van der Waals surface area (Å²) in [5, 5.41) is 2.81. The van der Waals surface area contributed by atoms with E-state index in [0.29, 0.717) is 11.3 Å². The average molecular weight is 341 g/mol. The van der Waals surface area contributed by atoms with Gasteiger partial charge < -0.3 is 10.1 Å². The van der Waals surface area contributed by atoms with Crippen LogP contribution in [0.15, 0.2) is 49.6 Å². The zero-order valence-corrected chi connectivity index (χ0v) is 14.8. The number of amides is 1. The van der Waals surface area contributed by atoms with Crippen LogP contribution >= 0.6 is 0 Å². The molecule has 0 bridgehead atoms. The summed E-state index contributed by atoms with van der Waals surface area (Å²) in [7, 11) is 0. The van der Waals surface area contributed by atoms with Gasteiger partial charge in [0, 0.05) is 11.1 Å². The zero-order chi connectivity index (χ0) is 18.8. The third-order valence-electron chi connectivity index (χ3n) is 4.90. The Morgan fingerprint density at radius 1 is 1.32 bits per heavy atom. The number of nitrogens with one attached hydrogen (secondary N) is 1. The highest BCUT2D eigenvalue weighted by Crippen LogP contribution is 2.55. The number of Topliss-reactive ketones (excluding diaryl/α,β-unsaturated/α-hetero) is 1. The van der Waals surface area contributed by atoms with Gasteiger partial charge in [0.2, 0.25) is 5.91 Å². The number of anilines is 1. The van der Waals surface area contributed by atoms with Crippen LogP contribution < -0.4 is 5.32 Å². The topological polar surface area (TPSA) is 72.5 Å². The van der Waals surface area contributed by atoms with Gasteiger partial charge in [-0.2, -0.15) is 0 Å². The van der Waals surface area contributed by atoms with E-state index in [0.717, 1.165) is 0 Å².